The van der Waals surface area contributed by atoms with Gasteiger partial charge >= 0.3 is 0 Å². The molecule has 1 aromatic carbocycles. The highest BCUT2D eigenvalue weighted by atomic mass is 16.5. The second-order valence-electron chi connectivity index (χ2n) is 6.17. The Morgan fingerprint density at radius 1 is 1.50 bits per heavy atom. The molecule has 110 valence electrons. The third-order valence-corrected chi connectivity index (χ3v) is 3.96. The van der Waals surface area contributed by atoms with E-state index < -0.39 is 5.41 Å². The maximum Gasteiger partial charge on any atom is 0.224 e. The largest absolute Gasteiger partial charge is 0.493 e. The van der Waals surface area contributed by atoms with Gasteiger partial charge in [-0.25, -0.2) is 0 Å². The van der Waals surface area contributed by atoms with E-state index in [1.807, 2.05) is 13.8 Å². The van der Waals surface area contributed by atoms with Crippen molar-refractivity contribution in [2.24, 2.45) is 11.1 Å². The topological polar surface area (TPSA) is 64.3 Å². The first-order chi connectivity index (χ1) is 9.42. The van der Waals surface area contributed by atoms with Crippen molar-refractivity contribution >= 4 is 5.91 Å². The molecule has 1 atom stereocenters. The van der Waals surface area contributed by atoms with Gasteiger partial charge in [0.05, 0.1) is 12.0 Å². The maximum absolute atomic E-state index is 11.4. The smallest absolute Gasteiger partial charge is 0.224 e. The lowest BCUT2D eigenvalue weighted by molar-refractivity contribution is -0.125. The Balaban J connectivity index is 2.17. The molecule has 0 fully saturated rings. The van der Waals surface area contributed by atoms with Crippen molar-refractivity contribution in [2.75, 3.05) is 13.2 Å². The number of fused-ring (bicyclic) bond motifs is 1. The van der Waals surface area contributed by atoms with Crippen molar-refractivity contribution in [3.63, 3.8) is 0 Å². The quantitative estimate of drug-likeness (QED) is 0.887. The summed E-state index contributed by atoms with van der Waals surface area (Å²) in [5.41, 5.74) is 7.23. The number of nitrogens with one attached hydrogen (secondary N) is 1. The van der Waals surface area contributed by atoms with E-state index in [0.29, 0.717) is 6.54 Å². The zero-order valence-electron chi connectivity index (χ0n) is 12.5. The molecule has 1 amide bonds. The van der Waals surface area contributed by atoms with E-state index in [-0.39, 0.29) is 11.9 Å². The third kappa shape index (κ3) is 3.12. The number of rotatable bonds is 4. The van der Waals surface area contributed by atoms with Gasteiger partial charge in [0.25, 0.3) is 0 Å². The van der Waals surface area contributed by atoms with Crippen LogP contribution in [0.4, 0.5) is 0 Å². The molecule has 3 N–H and O–H groups in total. The van der Waals surface area contributed by atoms with E-state index in [4.69, 9.17) is 10.5 Å². The van der Waals surface area contributed by atoms with Crippen LogP contribution in [-0.4, -0.2) is 19.1 Å². The molecule has 0 radical (unpaired) electrons. The Kier molecular flexibility index (Phi) is 4.33. The number of hydrogen-bond acceptors (Lipinski definition) is 3. The Bertz CT molecular complexity index is 497. The molecule has 0 saturated carbocycles. The lowest BCUT2D eigenvalue weighted by Gasteiger charge is -2.26. The molecule has 20 heavy (non-hydrogen) atoms. The second kappa shape index (κ2) is 5.83. The highest BCUT2D eigenvalue weighted by Crippen LogP contribution is 2.34. The lowest BCUT2D eigenvalue weighted by Crippen LogP contribution is -2.41. The minimum atomic E-state index is -0.544. The summed E-state index contributed by atoms with van der Waals surface area (Å²) in [6.07, 6.45) is 2.01. The first-order valence-corrected chi connectivity index (χ1v) is 7.17. The van der Waals surface area contributed by atoms with Crippen molar-refractivity contribution < 1.29 is 9.53 Å². The number of amides is 1. The normalized spacial score (nSPS) is 18.9. The summed E-state index contributed by atoms with van der Waals surface area (Å²) in [4.78, 5) is 11.4. The van der Waals surface area contributed by atoms with Crippen LogP contribution >= 0.6 is 0 Å². The summed E-state index contributed by atoms with van der Waals surface area (Å²) < 4.78 is 5.86. The van der Waals surface area contributed by atoms with E-state index in [0.717, 1.165) is 30.8 Å². The number of para-hydroxylation sites is 1. The molecule has 1 aliphatic heterocycles. The molecule has 0 bridgehead atoms. The predicted octanol–water partition coefficient (Wildman–Crippen LogP) is 2.31. The molecule has 0 spiro atoms. The summed E-state index contributed by atoms with van der Waals surface area (Å²) in [6, 6.07) is 6.43. The van der Waals surface area contributed by atoms with Gasteiger partial charge in [-0.05, 0) is 39.2 Å². The van der Waals surface area contributed by atoms with Gasteiger partial charge in [0.15, 0.2) is 0 Å². The predicted molar refractivity (Wildman–Crippen MR) is 79.6 cm³/mol. The van der Waals surface area contributed by atoms with Crippen molar-refractivity contribution in [1.29, 1.82) is 0 Å². The van der Waals surface area contributed by atoms with E-state index in [2.05, 4.69) is 30.4 Å². The zero-order valence-corrected chi connectivity index (χ0v) is 12.5. The molecule has 1 aliphatic rings. The van der Waals surface area contributed by atoms with E-state index >= 15 is 0 Å². The monoisotopic (exact) mass is 276 g/mol. The first-order valence-electron chi connectivity index (χ1n) is 7.17. The SMILES string of the molecule is Cc1cccc2c1OCCCC2NCC(C)(C)C(N)=O. The van der Waals surface area contributed by atoms with Crippen LogP contribution in [0, 0.1) is 12.3 Å². The number of carbonyl (C=O) groups excluding carboxylic acids is 1. The molecule has 0 aliphatic carbocycles. The standard InChI is InChI=1S/C16H24N2O2/c1-11-6-4-7-12-13(8-5-9-20-14(11)12)18-10-16(2,3)15(17)19/h4,6-7,13,18H,5,8-10H2,1-3H3,(H2,17,19). The highest BCUT2D eigenvalue weighted by Gasteiger charge is 2.27. The van der Waals surface area contributed by atoms with Crippen LogP contribution < -0.4 is 15.8 Å². The fourth-order valence-electron chi connectivity index (χ4n) is 2.44. The maximum atomic E-state index is 11.4. The molecule has 1 unspecified atom stereocenters. The number of aryl methyl sites for hydroxylation is 1. The zero-order chi connectivity index (χ0) is 14.8. The summed E-state index contributed by atoms with van der Waals surface area (Å²) >= 11 is 0. The molecule has 4 nitrogen and oxygen atoms in total. The van der Waals surface area contributed by atoms with E-state index in [1.165, 1.54) is 5.56 Å². The van der Waals surface area contributed by atoms with E-state index in [1.54, 1.807) is 0 Å². The van der Waals surface area contributed by atoms with Gasteiger partial charge in [0.2, 0.25) is 5.91 Å². The van der Waals surface area contributed by atoms with Gasteiger partial charge in [-0.15, -0.1) is 0 Å². The van der Waals surface area contributed by atoms with Crippen LogP contribution in [0.5, 0.6) is 5.75 Å². The minimum Gasteiger partial charge on any atom is -0.493 e. The Morgan fingerprint density at radius 2 is 2.25 bits per heavy atom. The molecule has 1 heterocycles. The van der Waals surface area contributed by atoms with Gasteiger partial charge in [-0.3, -0.25) is 4.79 Å². The van der Waals surface area contributed by atoms with Crippen LogP contribution in [0.1, 0.15) is 43.9 Å². The fraction of sp³-hybridized carbons (Fsp3) is 0.562. The molecular weight excluding hydrogens is 252 g/mol. The van der Waals surface area contributed by atoms with Crippen LogP contribution in [-0.2, 0) is 4.79 Å². The Hall–Kier alpha value is -1.55. The number of nitrogens with two attached hydrogens (primary N) is 1. The molecular formula is C16H24N2O2. The number of carbonyl (C=O) groups is 1. The summed E-state index contributed by atoms with van der Waals surface area (Å²) in [7, 11) is 0. The summed E-state index contributed by atoms with van der Waals surface area (Å²) in [5, 5.41) is 3.49. The van der Waals surface area contributed by atoms with Gasteiger partial charge in [-0.1, -0.05) is 18.2 Å². The average molecular weight is 276 g/mol. The molecule has 4 heteroatoms. The van der Waals surface area contributed by atoms with Crippen LogP contribution in [0.3, 0.4) is 0 Å². The average Bonchev–Trinajstić information content (AvgIpc) is 2.59. The Labute approximate surface area is 120 Å². The van der Waals surface area contributed by atoms with Crippen LogP contribution in [0.25, 0.3) is 0 Å². The van der Waals surface area contributed by atoms with Gasteiger partial charge in [0.1, 0.15) is 5.75 Å². The first kappa shape index (κ1) is 14.9. The van der Waals surface area contributed by atoms with Crippen molar-refractivity contribution in [3.8, 4) is 5.75 Å². The van der Waals surface area contributed by atoms with Crippen LogP contribution in [0.15, 0.2) is 18.2 Å². The van der Waals surface area contributed by atoms with Gasteiger partial charge in [0, 0.05) is 18.2 Å². The molecule has 1 aromatic rings. The second-order valence-corrected chi connectivity index (χ2v) is 6.17. The molecule has 0 aromatic heterocycles. The number of hydrogen-bond donors (Lipinski definition) is 2. The van der Waals surface area contributed by atoms with Crippen molar-refractivity contribution in [1.82, 2.24) is 5.32 Å². The number of ether oxygens (including phenoxy) is 1. The van der Waals surface area contributed by atoms with E-state index in [9.17, 15) is 4.79 Å². The highest BCUT2D eigenvalue weighted by molar-refractivity contribution is 5.80. The summed E-state index contributed by atoms with van der Waals surface area (Å²) in [5.74, 6) is 0.707. The van der Waals surface area contributed by atoms with Gasteiger partial charge in [-0.2, -0.15) is 0 Å². The number of benzene rings is 1. The minimum absolute atomic E-state index is 0.214. The van der Waals surface area contributed by atoms with Gasteiger partial charge < -0.3 is 15.8 Å². The third-order valence-electron chi connectivity index (χ3n) is 3.96. The summed E-state index contributed by atoms with van der Waals surface area (Å²) in [6.45, 7) is 7.11. The van der Waals surface area contributed by atoms with Crippen molar-refractivity contribution in [3.05, 3.63) is 29.3 Å². The Morgan fingerprint density at radius 3 is 2.95 bits per heavy atom. The van der Waals surface area contributed by atoms with Crippen molar-refractivity contribution in [2.45, 2.75) is 39.7 Å². The number of primary amides is 1. The lowest BCUT2D eigenvalue weighted by atomic mass is 9.91. The molecule has 0 saturated heterocycles. The fourth-order valence-corrected chi connectivity index (χ4v) is 2.44. The molecule has 2 rings (SSSR count). The van der Waals surface area contributed by atoms with Crippen LogP contribution in [0.2, 0.25) is 0 Å².